The Morgan fingerprint density at radius 2 is 0.625 bits per heavy atom. The quantitative estimate of drug-likeness (QED) is 0.0615. The third-order valence-electron chi connectivity index (χ3n) is 9.79. The lowest BCUT2D eigenvalue weighted by molar-refractivity contribution is -0.132. The van der Waals surface area contributed by atoms with Gasteiger partial charge in [0.25, 0.3) is 0 Å². The molecule has 0 aliphatic heterocycles. The van der Waals surface area contributed by atoms with Crippen LogP contribution in [0.15, 0.2) is 0 Å². The maximum absolute atomic E-state index is 12.9. The van der Waals surface area contributed by atoms with Gasteiger partial charge in [0.2, 0.25) is 11.8 Å². The average molecular weight is 671 g/mol. The van der Waals surface area contributed by atoms with Crippen LogP contribution in [0.4, 0.5) is 0 Å². The maximum atomic E-state index is 12.9. The van der Waals surface area contributed by atoms with E-state index in [1.807, 2.05) is 9.80 Å². The molecule has 0 bridgehead atoms. The summed E-state index contributed by atoms with van der Waals surface area (Å²) in [4.78, 5) is 29.6. The molecule has 0 fully saturated rings. The van der Waals surface area contributed by atoms with Crippen LogP contribution in [0, 0.1) is 22.7 Å². The van der Waals surface area contributed by atoms with Crippen LogP contribution < -0.4 is 0 Å². The summed E-state index contributed by atoms with van der Waals surface area (Å²) in [6, 6.07) is 4.38. The van der Waals surface area contributed by atoms with E-state index in [0.29, 0.717) is 51.9 Å². The summed E-state index contributed by atoms with van der Waals surface area (Å²) in [5.41, 5.74) is 0. The third kappa shape index (κ3) is 31.2. The van der Waals surface area contributed by atoms with Gasteiger partial charge in [0.15, 0.2) is 0 Å². The highest BCUT2D eigenvalue weighted by Crippen LogP contribution is 2.15. The van der Waals surface area contributed by atoms with Crippen molar-refractivity contribution >= 4 is 11.8 Å². The summed E-state index contributed by atoms with van der Waals surface area (Å²) in [5.74, 6) is 0.321. The number of carbonyl (C=O) groups excluding carboxylic acids is 2. The van der Waals surface area contributed by atoms with Gasteiger partial charge < -0.3 is 9.80 Å². The van der Waals surface area contributed by atoms with E-state index in [4.69, 9.17) is 10.5 Å². The minimum absolute atomic E-state index is 0.160. The molecule has 0 aromatic carbocycles. The largest absolute Gasteiger partial charge is 0.342 e. The summed E-state index contributed by atoms with van der Waals surface area (Å²) in [6.45, 7) is 6.79. The predicted molar refractivity (Wildman–Crippen MR) is 203 cm³/mol. The molecule has 48 heavy (non-hydrogen) atoms. The first-order valence-electron chi connectivity index (χ1n) is 20.9. The molecule has 0 unspecified atom stereocenters. The number of hydrogen-bond acceptors (Lipinski definition) is 4. The third-order valence-corrected chi connectivity index (χ3v) is 9.79. The van der Waals surface area contributed by atoms with Crippen molar-refractivity contribution in [1.82, 2.24) is 9.80 Å². The summed E-state index contributed by atoms with van der Waals surface area (Å²) in [7, 11) is 0. The molecular weight excluding hydrogens is 592 g/mol. The van der Waals surface area contributed by atoms with E-state index < -0.39 is 0 Å². The molecule has 6 nitrogen and oxygen atoms in total. The number of rotatable bonds is 37. The maximum Gasteiger partial charge on any atom is 0.222 e. The Labute approximate surface area is 298 Å². The van der Waals surface area contributed by atoms with Crippen molar-refractivity contribution in [3.8, 4) is 12.1 Å². The van der Waals surface area contributed by atoms with Crippen LogP contribution in [0.25, 0.3) is 0 Å². The fraction of sp³-hybridized carbons (Fsp3) is 0.905. The molecule has 0 radical (unpaired) electrons. The molecule has 0 N–H and O–H groups in total. The Balaban J connectivity index is 4.13. The van der Waals surface area contributed by atoms with E-state index in [1.165, 1.54) is 141 Å². The van der Waals surface area contributed by atoms with E-state index >= 15 is 0 Å². The van der Waals surface area contributed by atoms with E-state index in [2.05, 4.69) is 26.0 Å². The number of nitriles is 2. The van der Waals surface area contributed by atoms with Crippen LogP contribution in [-0.4, -0.2) is 47.8 Å². The van der Waals surface area contributed by atoms with E-state index in [0.717, 1.165) is 38.5 Å². The second kappa shape index (κ2) is 37.7. The van der Waals surface area contributed by atoms with E-state index in [1.54, 1.807) is 0 Å². The highest BCUT2D eigenvalue weighted by Gasteiger charge is 2.15. The second-order valence-electron chi connectivity index (χ2n) is 14.3. The van der Waals surface area contributed by atoms with E-state index in [-0.39, 0.29) is 11.8 Å². The van der Waals surface area contributed by atoms with Gasteiger partial charge in [0.05, 0.1) is 25.0 Å². The van der Waals surface area contributed by atoms with Crippen molar-refractivity contribution < 1.29 is 9.59 Å². The standard InChI is InChI=1S/C42H78N4O2/c1-3-5-7-9-11-13-15-17-19-21-23-25-27-33-41(47)45(39-31-35-43)37-29-30-38-46(40-32-36-44)42(48)34-28-26-24-22-20-18-16-14-12-10-8-6-4-2/h3-34,37-40H2,1-2H3. The Hall–Kier alpha value is -2.08. The second-order valence-corrected chi connectivity index (χ2v) is 14.3. The molecule has 0 rings (SSSR count). The first kappa shape index (κ1) is 45.9. The van der Waals surface area contributed by atoms with Crippen LogP contribution >= 0.6 is 0 Å². The van der Waals surface area contributed by atoms with Gasteiger partial charge in [-0.05, 0) is 25.7 Å². The first-order valence-corrected chi connectivity index (χ1v) is 20.9. The predicted octanol–water partition coefficient (Wildman–Crippen LogP) is 12.2. The lowest BCUT2D eigenvalue weighted by Crippen LogP contribution is -2.35. The molecule has 278 valence electrons. The van der Waals surface area contributed by atoms with Gasteiger partial charge in [-0.15, -0.1) is 0 Å². The van der Waals surface area contributed by atoms with Crippen molar-refractivity contribution in [2.45, 2.75) is 219 Å². The molecule has 0 aliphatic carbocycles. The Morgan fingerprint density at radius 3 is 0.875 bits per heavy atom. The Bertz CT molecular complexity index is 736. The normalized spacial score (nSPS) is 10.9. The average Bonchev–Trinajstić information content (AvgIpc) is 3.09. The summed E-state index contributed by atoms with van der Waals surface area (Å²) in [6.07, 6.45) is 37.0. The number of nitrogens with zero attached hydrogens (tertiary/aromatic N) is 4. The van der Waals surface area contributed by atoms with Gasteiger partial charge in [0, 0.05) is 39.0 Å². The molecule has 6 heteroatoms. The monoisotopic (exact) mass is 671 g/mol. The zero-order valence-electron chi connectivity index (χ0n) is 32.1. The lowest BCUT2D eigenvalue weighted by Gasteiger charge is -2.24. The topological polar surface area (TPSA) is 88.2 Å². The molecule has 0 aromatic rings. The zero-order chi connectivity index (χ0) is 35.2. The van der Waals surface area contributed by atoms with Gasteiger partial charge >= 0.3 is 0 Å². The van der Waals surface area contributed by atoms with Gasteiger partial charge in [-0.1, -0.05) is 168 Å². The van der Waals surface area contributed by atoms with Gasteiger partial charge in [-0.2, -0.15) is 10.5 Å². The molecule has 0 heterocycles. The van der Waals surface area contributed by atoms with Crippen LogP contribution in [0.3, 0.4) is 0 Å². The van der Waals surface area contributed by atoms with Crippen molar-refractivity contribution in [3.63, 3.8) is 0 Å². The number of hydrogen-bond donors (Lipinski definition) is 0. The van der Waals surface area contributed by atoms with Crippen LogP contribution in [0.1, 0.15) is 219 Å². The van der Waals surface area contributed by atoms with Crippen molar-refractivity contribution in [1.29, 1.82) is 10.5 Å². The fourth-order valence-corrected chi connectivity index (χ4v) is 6.60. The van der Waals surface area contributed by atoms with Crippen molar-refractivity contribution in [3.05, 3.63) is 0 Å². The number of unbranched alkanes of at least 4 members (excludes halogenated alkanes) is 25. The number of amides is 2. The Kier molecular flexibility index (Phi) is 36.1. The molecule has 0 spiro atoms. The molecular formula is C42H78N4O2. The highest BCUT2D eigenvalue weighted by molar-refractivity contribution is 5.76. The molecule has 0 saturated carbocycles. The molecule has 0 atom stereocenters. The van der Waals surface area contributed by atoms with Gasteiger partial charge in [-0.25, -0.2) is 0 Å². The summed E-state index contributed by atoms with van der Waals surface area (Å²) < 4.78 is 0. The molecule has 0 aliphatic rings. The first-order chi connectivity index (χ1) is 23.6. The van der Waals surface area contributed by atoms with E-state index in [9.17, 15) is 9.59 Å². The minimum atomic E-state index is 0.160. The molecule has 0 aromatic heterocycles. The summed E-state index contributed by atoms with van der Waals surface area (Å²) >= 11 is 0. The smallest absolute Gasteiger partial charge is 0.222 e. The van der Waals surface area contributed by atoms with Crippen LogP contribution in [0.5, 0.6) is 0 Å². The SMILES string of the molecule is CCCCCCCCCCCCCCCC(=O)N(CCC#N)CCCCN(CCC#N)C(=O)CCCCCCCCCCCCCCC. The summed E-state index contributed by atoms with van der Waals surface area (Å²) in [5, 5.41) is 18.2. The minimum Gasteiger partial charge on any atom is -0.342 e. The van der Waals surface area contributed by atoms with Crippen molar-refractivity contribution in [2.24, 2.45) is 0 Å². The van der Waals surface area contributed by atoms with Gasteiger partial charge in [-0.3, -0.25) is 9.59 Å². The molecule has 0 saturated heterocycles. The Morgan fingerprint density at radius 1 is 0.375 bits per heavy atom. The fourth-order valence-electron chi connectivity index (χ4n) is 6.60. The highest BCUT2D eigenvalue weighted by atomic mass is 16.2. The van der Waals surface area contributed by atoms with Crippen LogP contribution in [0.2, 0.25) is 0 Å². The lowest BCUT2D eigenvalue weighted by atomic mass is 10.0. The number of carbonyl (C=O) groups is 2. The van der Waals surface area contributed by atoms with Gasteiger partial charge in [0.1, 0.15) is 0 Å². The van der Waals surface area contributed by atoms with Crippen LogP contribution in [-0.2, 0) is 9.59 Å². The molecule has 2 amide bonds. The van der Waals surface area contributed by atoms with Crippen molar-refractivity contribution in [2.75, 3.05) is 26.2 Å². The zero-order valence-corrected chi connectivity index (χ0v) is 32.1.